The van der Waals surface area contributed by atoms with Crippen LogP contribution in [-0.4, -0.2) is 22.1 Å². The molecule has 150 valence electrons. The van der Waals surface area contributed by atoms with E-state index in [0.717, 1.165) is 16.2 Å². The standard InChI is InChI=1S/C21H14ClN3O3S2/c1-27-13-5-2-11(3-6-13)17-9-15-19(30-17)20(26)25-18(23-15)10-29-21-24-14-8-12(22)4-7-16(14)28-21/h2-9H,10H2,1H3,(H,23,25,26). The Morgan fingerprint density at radius 1 is 1.13 bits per heavy atom. The fourth-order valence-corrected chi connectivity index (χ4v) is 4.90. The van der Waals surface area contributed by atoms with Crippen LogP contribution in [-0.2, 0) is 5.75 Å². The van der Waals surface area contributed by atoms with Gasteiger partial charge in [0.05, 0.1) is 18.4 Å². The highest BCUT2D eigenvalue weighted by Gasteiger charge is 2.12. The molecule has 0 aliphatic carbocycles. The number of rotatable bonds is 5. The van der Waals surface area contributed by atoms with E-state index < -0.39 is 0 Å². The number of hydrogen-bond donors (Lipinski definition) is 1. The zero-order chi connectivity index (χ0) is 20.7. The van der Waals surface area contributed by atoms with Crippen molar-refractivity contribution in [3.05, 3.63) is 69.7 Å². The number of aromatic amines is 1. The Labute approximate surface area is 183 Å². The first-order chi connectivity index (χ1) is 14.6. The van der Waals surface area contributed by atoms with Gasteiger partial charge in [0.15, 0.2) is 5.58 Å². The van der Waals surface area contributed by atoms with E-state index >= 15 is 0 Å². The number of thioether (sulfide) groups is 1. The third-order valence-electron chi connectivity index (χ3n) is 4.47. The van der Waals surface area contributed by atoms with Crippen LogP contribution in [0.1, 0.15) is 5.82 Å². The number of nitrogens with one attached hydrogen (secondary N) is 1. The van der Waals surface area contributed by atoms with E-state index in [2.05, 4.69) is 15.0 Å². The van der Waals surface area contributed by atoms with E-state index in [4.69, 9.17) is 20.8 Å². The van der Waals surface area contributed by atoms with E-state index in [1.54, 1.807) is 25.3 Å². The quantitative estimate of drug-likeness (QED) is 0.340. The van der Waals surface area contributed by atoms with Crippen LogP contribution < -0.4 is 10.3 Å². The molecule has 3 aromatic heterocycles. The Kier molecular flexibility index (Phi) is 4.98. The Morgan fingerprint density at radius 3 is 2.77 bits per heavy atom. The number of H-pyrrole nitrogens is 1. The van der Waals surface area contributed by atoms with Crippen molar-refractivity contribution < 1.29 is 9.15 Å². The van der Waals surface area contributed by atoms with Crippen molar-refractivity contribution in [2.24, 2.45) is 0 Å². The van der Waals surface area contributed by atoms with Gasteiger partial charge in [-0.25, -0.2) is 9.97 Å². The molecule has 5 aromatic rings. The molecule has 0 saturated carbocycles. The second kappa shape index (κ2) is 7.79. The van der Waals surface area contributed by atoms with Gasteiger partial charge in [0.2, 0.25) is 0 Å². The lowest BCUT2D eigenvalue weighted by Gasteiger charge is -2.00. The summed E-state index contributed by atoms with van der Waals surface area (Å²) in [6.45, 7) is 0. The second-order valence-electron chi connectivity index (χ2n) is 6.45. The molecule has 0 saturated heterocycles. The molecule has 3 heterocycles. The largest absolute Gasteiger partial charge is 0.497 e. The summed E-state index contributed by atoms with van der Waals surface area (Å²) in [4.78, 5) is 25.4. The molecule has 0 unspecified atom stereocenters. The molecule has 30 heavy (non-hydrogen) atoms. The minimum absolute atomic E-state index is 0.148. The van der Waals surface area contributed by atoms with Crippen LogP contribution in [0.4, 0.5) is 0 Å². The van der Waals surface area contributed by atoms with Crippen molar-refractivity contribution in [3.63, 3.8) is 0 Å². The summed E-state index contributed by atoms with van der Waals surface area (Å²) in [5.41, 5.74) is 2.91. The molecular weight excluding hydrogens is 442 g/mol. The SMILES string of the molecule is COc1ccc(-c2cc3nc(CSc4nc5cc(Cl)ccc5o4)[nH]c(=O)c3s2)cc1. The van der Waals surface area contributed by atoms with E-state index in [9.17, 15) is 4.79 Å². The monoisotopic (exact) mass is 455 g/mol. The number of hydrogen-bond acceptors (Lipinski definition) is 7. The van der Waals surface area contributed by atoms with Gasteiger partial charge in [0.25, 0.3) is 10.8 Å². The highest BCUT2D eigenvalue weighted by molar-refractivity contribution is 7.98. The highest BCUT2D eigenvalue weighted by atomic mass is 35.5. The molecule has 0 bridgehead atoms. The van der Waals surface area contributed by atoms with Crippen molar-refractivity contribution in [2.45, 2.75) is 11.0 Å². The third kappa shape index (κ3) is 3.69. The summed E-state index contributed by atoms with van der Waals surface area (Å²) in [5.74, 6) is 1.79. The molecule has 9 heteroatoms. The van der Waals surface area contributed by atoms with Gasteiger partial charge in [-0.1, -0.05) is 23.4 Å². The van der Waals surface area contributed by atoms with Gasteiger partial charge >= 0.3 is 0 Å². The number of oxazole rings is 1. The van der Waals surface area contributed by atoms with E-state index in [-0.39, 0.29) is 5.56 Å². The molecular formula is C21H14ClN3O3S2. The molecule has 0 spiro atoms. The van der Waals surface area contributed by atoms with Gasteiger partial charge < -0.3 is 14.1 Å². The summed E-state index contributed by atoms with van der Waals surface area (Å²) in [5, 5.41) is 1.10. The molecule has 0 fully saturated rings. The number of ether oxygens (including phenoxy) is 1. The van der Waals surface area contributed by atoms with Crippen LogP contribution in [0.2, 0.25) is 5.02 Å². The smallest absolute Gasteiger partial charge is 0.268 e. The summed E-state index contributed by atoms with van der Waals surface area (Å²) in [6.07, 6.45) is 0. The fourth-order valence-electron chi connectivity index (χ4n) is 3.03. The number of methoxy groups -OCH3 is 1. The number of fused-ring (bicyclic) bond motifs is 2. The van der Waals surface area contributed by atoms with Gasteiger partial charge in [-0.2, -0.15) is 0 Å². The molecule has 0 atom stereocenters. The van der Waals surface area contributed by atoms with Crippen molar-refractivity contribution in [1.82, 2.24) is 15.0 Å². The highest BCUT2D eigenvalue weighted by Crippen LogP contribution is 2.32. The summed E-state index contributed by atoms with van der Waals surface area (Å²) >= 11 is 8.78. The van der Waals surface area contributed by atoms with E-state index in [1.807, 2.05) is 30.3 Å². The number of aromatic nitrogens is 3. The summed E-state index contributed by atoms with van der Waals surface area (Å²) in [7, 11) is 1.63. The van der Waals surface area contributed by atoms with Crippen molar-refractivity contribution in [2.75, 3.05) is 7.11 Å². The molecule has 2 aromatic carbocycles. The molecule has 0 aliphatic rings. The molecule has 5 rings (SSSR count). The molecule has 0 amide bonds. The van der Waals surface area contributed by atoms with Crippen LogP contribution in [0.3, 0.4) is 0 Å². The Morgan fingerprint density at radius 2 is 1.97 bits per heavy atom. The topological polar surface area (TPSA) is 81.0 Å². The van der Waals surface area contributed by atoms with Crippen LogP contribution in [0.5, 0.6) is 5.75 Å². The number of halogens is 1. The molecule has 0 radical (unpaired) electrons. The average Bonchev–Trinajstić information content (AvgIpc) is 3.36. The van der Waals surface area contributed by atoms with Crippen LogP contribution >= 0.6 is 34.7 Å². The molecule has 1 N–H and O–H groups in total. The number of nitrogens with zero attached hydrogens (tertiary/aromatic N) is 2. The number of benzene rings is 2. The number of thiophene rings is 1. The lowest BCUT2D eigenvalue weighted by atomic mass is 10.2. The van der Waals surface area contributed by atoms with E-state index in [0.29, 0.717) is 43.1 Å². The van der Waals surface area contributed by atoms with Gasteiger partial charge in [0, 0.05) is 9.90 Å². The van der Waals surface area contributed by atoms with Crippen LogP contribution in [0.15, 0.2) is 63.0 Å². The van der Waals surface area contributed by atoms with Gasteiger partial charge in [-0.15, -0.1) is 11.3 Å². The van der Waals surface area contributed by atoms with E-state index in [1.165, 1.54) is 23.1 Å². The zero-order valence-corrected chi connectivity index (χ0v) is 18.0. The predicted octanol–water partition coefficient (Wildman–Crippen LogP) is 5.75. The Hall–Kier alpha value is -2.81. The lowest BCUT2D eigenvalue weighted by molar-refractivity contribution is 0.415. The minimum Gasteiger partial charge on any atom is -0.497 e. The van der Waals surface area contributed by atoms with Crippen molar-refractivity contribution in [3.8, 4) is 16.2 Å². The zero-order valence-electron chi connectivity index (χ0n) is 15.6. The normalized spacial score (nSPS) is 11.4. The second-order valence-corrected chi connectivity index (χ2v) is 8.86. The maximum Gasteiger partial charge on any atom is 0.268 e. The summed E-state index contributed by atoms with van der Waals surface area (Å²) < 4.78 is 11.5. The van der Waals surface area contributed by atoms with Gasteiger partial charge in [-0.05, 0) is 54.1 Å². The van der Waals surface area contributed by atoms with Crippen molar-refractivity contribution in [1.29, 1.82) is 0 Å². The van der Waals surface area contributed by atoms with Crippen LogP contribution in [0, 0.1) is 0 Å². The lowest BCUT2D eigenvalue weighted by Crippen LogP contribution is -2.09. The Balaban J connectivity index is 1.41. The summed E-state index contributed by atoms with van der Waals surface area (Å²) in [6, 6.07) is 15.0. The van der Waals surface area contributed by atoms with Gasteiger partial charge in [-0.3, -0.25) is 4.79 Å². The molecule has 0 aliphatic heterocycles. The predicted molar refractivity (Wildman–Crippen MR) is 121 cm³/mol. The fraction of sp³-hybridized carbons (Fsp3) is 0.0952. The first-order valence-electron chi connectivity index (χ1n) is 8.95. The third-order valence-corrected chi connectivity index (χ3v) is 6.72. The van der Waals surface area contributed by atoms with Gasteiger partial charge in [0.1, 0.15) is 21.8 Å². The Bertz CT molecular complexity index is 1420. The first-order valence-corrected chi connectivity index (χ1v) is 11.1. The molecule has 6 nitrogen and oxygen atoms in total. The minimum atomic E-state index is -0.148. The van der Waals surface area contributed by atoms with Crippen LogP contribution in [0.25, 0.3) is 31.8 Å². The van der Waals surface area contributed by atoms with Crippen molar-refractivity contribution >= 4 is 56.0 Å². The maximum absolute atomic E-state index is 12.6. The maximum atomic E-state index is 12.6. The first kappa shape index (κ1) is 19.2. The average molecular weight is 456 g/mol.